The van der Waals surface area contributed by atoms with Crippen molar-refractivity contribution in [2.24, 2.45) is 0 Å². The first-order valence-corrected chi connectivity index (χ1v) is 12.7. The lowest BCUT2D eigenvalue weighted by Gasteiger charge is -2.20. The number of H-pyrrole nitrogens is 1. The van der Waals surface area contributed by atoms with Gasteiger partial charge in [0.15, 0.2) is 0 Å². The molecule has 6 N–H and O–H groups in total. The highest BCUT2D eigenvalue weighted by atomic mass is 31.3. The summed E-state index contributed by atoms with van der Waals surface area (Å²) in [6.07, 6.45) is -6.47. The van der Waals surface area contributed by atoms with Crippen LogP contribution in [-0.2, 0) is 31.8 Å². The average Bonchev–Trinajstić information content (AvgIpc) is 2.94. The van der Waals surface area contributed by atoms with Gasteiger partial charge in [-0.15, -0.1) is 0 Å². The summed E-state index contributed by atoms with van der Waals surface area (Å²) in [5.74, 6) is 0. The van der Waals surface area contributed by atoms with Crippen LogP contribution in [0, 0.1) is 6.92 Å². The minimum absolute atomic E-state index is 0.158. The topological polar surface area (TPSA) is 244 Å². The molecule has 6 atom stereocenters. The average molecular weight is 514 g/mol. The van der Waals surface area contributed by atoms with Gasteiger partial charge in [-0.3, -0.25) is 23.4 Å². The minimum atomic E-state index is -5.81. The van der Waals surface area contributed by atoms with E-state index in [1.165, 1.54) is 6.92 Å². The van der Waals surface area contributed by atoms with E-state index in [1.807, 2.05) is 4.98 Å². The Morgan fingerprint density at radius 1 is 1.26 bits per heavy atom. The fourth-order valence-electron chi connectivity index (χ4n) is 2.35. The van der Waals surface area contributed by atoms with Gasteiger partial charge < -0.3 is 29.4 Å². The number of nitrogens with zero attached hydrogens (tertiary/aromatic N) is 1. The van der Waals surface area contributed by atoms with Crippen molar-refractivity contribution in [1.82, 2.24) is 9.55 Å². The Labute approximate surface area is 171 Å². The first-order chi connectivity index (χ1) is 14.0. The summed E-state index contributed by atoms with van der Waals surface area (Å²) in [4.78, 5) is 60.9. The lowest BCUT2D eigenvalue weighted by atomic mass is 10.2. The van der Waals surface area contributed by atoms with Crippen LogP contribution < -0.4 is 11.2 Å². The normalized spacial score (nSPS) is 26.9. The Bertz CT molecular complexity index is 1070. The number of nitrogens with one attached hydrogen (secondary N) is 1. The molecule has 1 aliphatic rings. The maximum absolute atomic E-state index is 13.0. The number of hydrogen-bond acceptors (Lipinski definition) is 10. The molecule has 0 aliphatic carbocycles. The highest BCUT2D eigenvalue weighted by Crippen LogP contribution is 2.63. The van der Waals surface area contributed by atoms with Crippen molar-refractivity contribution in [3.63, 3.8) is 0 Å². The van der Waals surface area contributed by atoms with E-state index in [0.29, 0.717) is 0 Å². The number of halogens is 1. The summed E-state index contributed by atoms with van der Waals surface area (Å²) < 4.78 is 64.6. The van der Waals surface area contributed by atoms with Gasteiger partial charge in [-0.05, 0) is 6.92 Å². The molecule has 31 heavy (non-hydrogen) atoms. The van der Waals surface area contributed by atoms with Gasteiger partial charge in [0.1, 0.15) is 12.3 Å². The van der Waals surface area contributed by atoms with E-state index in [1.54, 1.807) is 0 Å². The molecule has 178 valence electrons. The number of phosphoric acid groups is 2. The predicted molar refractivity (Wildman–Crippen MR) is 95.3 cm³/mol. The van der Waals surface area contributed by atoms with Crippen molar-refractivity contribution in [3.8, 4) is 0 Å². The number of aromatic nitrogens is 2. The molecule has 1 saturated heterocycles. The minimum Gasteiger partial charge on any atom is -0.390 e. The van der Waals surface area contributed by atoms with Gasteiger partial charge in [0.2, 0.25) is 0 Å². The van der Waals surface area contributed by atoms with Crippen molar-refractivity contribution < 1.29 is 60.9 Å². The molecule has 3 unspecified atom stereocenters. The summed E-state index contributed by atoms with van der Waals surface area (Å²) in [7, 11) is -16.9. The smallest absolute Gasteiger partial charge is 0.390 e. The second-order valence-electron chi connectivity index (χ2n) is 6.21. The molecule has 1 fully saturated rings. The monoisotopic (exact) mass is 514 g/mol. The molecule has 0 radical (unpaired) electrons. The molecule has 20 heteroatoms. The lowest BCUT2D eigenvalue weighted by Crippen LogP contribution is -2.33. The molecule has 16 nitrogen and oxygen atoms in total. The zero-order valence-electron chi connectivity index (χ0n) is 15.4. The SMILES string of the molecule is Cc1cn([C@H]2C[C@H](O)[C@@H](COP(=O)(O)OP(=O)(O)OC(F)P(=O)(O)O)O2)c(=O)[nH]c1=O. The number of phosphoric ester groups is 2. The van der Waals surface area contributed by atoms with Gasteiger partial charge in [-0.2, -0.15) is 4.31 Å². The van der Waals surface area contributed by atoms with Crippen molar-refractivity contribution in [2.75, 3.05) is 6.61 Å². The third-order valence-electron chi connectivity index (χ3n) is 3.75. The maximum Gasteiger partial charge on any atom is 0.484 e. The maximum atomic E-state index is 13.0. The van der Waals surface area contributed by atoms with E-state index >= 15 is 0 Å². The van der Waals surface area contributed by atoms with Crippen molar-refractivity contribution in [1.29, 1.82) is 0 Å². The Kier molecular flexibility index (Phi) is 7.97. The Morgan fingerprint density at radius 3 is 2.45 bits per heavy atom. The largest absolute Gasteiger partial charge is 0.484 e. The van der Waals surface area contributed by atoms with E-state index in [0.717, 1.165) is 10.8 Å². The first kappa shape index (κ1) is 26.2. The van der Waals surface area contributed by atoms with E-state index in [9.17, 15) is 37.7 Å². The number of aryl methyl sites for hydroxylation is 1. The lowest BCUT2D eigenvalue weighted by molar-refractivity contribution is -0.0454. The Hall–Kier alpha value is -1.06. The number of aliphatic hydroxyl groups excluding tert-OH is 1. The van der Waals surface area contributed by atoms with E-state index < -0.39 is 65.6 Å². The molecule has 1 aliphatic heterocycles. The van der Waals surface area contributed by atoms with Gasteiger partial charge in [0.25, 0.3) is 5.56 Å². The van der Waals surface area contributed by atoms with Crippen molar-refractivity contribution >= 4 is 23.2 Å². The van der Waals surface area contributed by atoms with Gasteiger partial charge >= 0.3 is 35.0 Å². The van der Waals surface area contributed by atoms with Crippen LogP contribution in [0.25, 0.3) is 0 Å². The number of rotatable bonds is 9. The van der Waals surface area contributed by atoms with Crippen molar-refractivity contribution in [2.45, 2.75) is 37.9 Å². The van der Waals surface area contributed by atoms with Crippen LogP contribution in [-0.4, -0.2) is 59.1 Å². The fourth-order valence-corrected chi connectivity index (χ4v) is 5.14. The van der Waals surface area contributed by atoms with E-state index in [2.05, 4.69) is 13.4 Å². The molecule has 2 heterocycles. The fraction of sp³-hybridized carbons (Fsp3) is 0.636. The predicted octanol–water partition coefficient (Wildman–Crippen LogP) is -0.825. The molecule has 1 aromatic heterocycles. The molecule has 2 rings (SSSR count). The second-order valence-corrected chi connectivity index (χ2v) is 10.8. The van der Waals surface area contributed by atoms with E-state index in [4.69, 9.17) is 19.4 Å². The molecule has 0 spiro atoms. The third-order valence-corrected chi connectivity index (χ3v) is 7.13. The summed E-state index contributed by atoms with van der Waals surface area (Å²) in [5.41, 5.74) is -1.33. The highest BCUT2D eigenvalue weighted by molar-refractivity contribution is 7.61. The molecule has 0 amide bonds. The highest BCUT2D eigenvalue weighted by Gasteiger charge is 2.44. The van der Waals surface area contributed by atoms with Crippen LogP contribution in [0.4, 0.5) is 4.39 Å². The van der Waals surface area contributed by atoms with Crippen LogP contribution >= 0.6 is 23.2 Å². The van der Waals surface area contributed by atoms with Gasteiger partial charge in [0, 0.05) is 18.2 Å². The zero-order valence-corrected chi connectivity index (χ0v) is 18.1. The van der Waals surface area contributed by atoms with Crippen LogP contribution in [0.5, 0.6) is 0 Å². The van der Waals surface area contributed by atoms with Crippen LogP contribution in [0.1, 0.15) is 18.2 Å². The van der Waals surface area contributed by atoms with Crippen molar-refractivity contribution in [3.05, 3.63) is 32.6 Å². The number of alkyl halides is 1. The van der Waals surface area contributed by atoms with Crippen LogP contribution in [0.2, 0.25) is 0 Å². The number of ether oxygens (including phenoxy) is 1. The van der Waals surface area contributed by atoms with Gasteiger partial charge in [0.05, 0.1) is 12.7 Å². The molecule has 0 aromatic carbocycles. The molecular weight excluding hydrogens is 496 g/mol. The standard InChI is InChI=1S/C11H18FN2O14P3/c1-5-3-14(11(17)13-9(5)16)8-2-6(15)7(26-8)4-25-30(21,22)28-31(23,24)27-10(12)29(18,19)20/h3,6-8,10,15H,2,4H2,1H3,(H,21,22)(H,23,24)(H,13,16,17)(H2,18,19,20)/t6-,7+,8+,10?/m0/s1. The summed E-state index contributed by atoms with van der Waals surface area (Å²) in [5, 5.41) is 10.0. The Balaban J connectivity index is 2.01. The molecule has 0 saturated carbocycles. The molecule has 0 bridgehead atoms. The summed E-state index contributed by atoms with van der Waals surface area (Å²) >= 11 is 0. The third kappa shape index (κ3) is 7.22. The summed E-state index contributed by atoms with van der Waals surface area (Å²) in [6, 6.07) is 0. The quantitative estimate of drug-likeness (QED) is 0.221. The molecular formula is C11H18FN2O14P3. The van der Waals surface area contributed by atoms with Crippen LogP contribution in [0.3, 0.4) is 0 Å². The Morgan fingerprint density at radius 2 is 1.87 bits per heavy atom. The van der Waals surface area contributed by atoms with Gasteiger partial charge in [-0.25, -0.2) is 22.8 Å². The molecule has 1 aromatic rings. The number of hydrogen-bond donors (Lipinski definition) is 6. The van der Waals surface area contributed by atoms with E-state index in [-0.39, 0.29) is 12.0 Å². The second kappa shape index (κ2) is 9.43. The van der Waals surface area contributed by atoms with Crippen LogP contribution in [0.15, 0.2) is 15.8 Å². The number of aromatic amines is 1. The summed E-state index contributed by atoms with van der Waals surface area (Å²) in [6.45, 7) is 0.476. The first-order valence-electron chi connectivity index (χ1n) is 8.05. The number of aliphatic hydroxyl groups is 1. The zero-order chi connectivity index (χ0) is 23.8. The van der Waals surface area contributed by atoms with Gasteiger partial charge in [-0.1, -0.05) is 0 Å².